The maximum absolute atomic E-state index is 12.5. The Labute approximate surface area is 146 Å². The quantitative estimate of drug-likeness (QED) is 0.723. The second kappa shape index (κ2) is 7.18. The Morgan fingerprint density at radius 3 is 2.36 bits per heavy atom. The zero-order valence-corrected chi connectivity index (χ0v) is 14.2. The molecule has 3 aromatic carbocycles. The first-order valence-electron chi connectivity index (χ1n) is 8.11. The van der Waals surface area contributed by atoms with Crippen LogP contribution in [0.1, 0.15) is 22.8 Å². The van der Waals surface area contributed by atoms with Gasteiger partial charge in [-0.3, -0.25) is 4.79 Å². The van der Waals surface area contributed by atoms with Crippen LogP contribution in [-0.2, 0) is 9.53 Å². The number of carbonyl (C=O) groups is 2. The summed E-state index contributed by atoms with van der Waals surface area (Å²) in [6, 6.07) is 20.4. The minimum atomic E-state index is -0.896. The van der Waals surface area contributed by atoms with Gasteiger partial charge in [0.2, 0.25) is 0 Å². The van der Waals surface area contributed by atoms with Gasteiger partial charge in [-0.05, 0) is 42.8 Å². The fraction of sp³-hybridized carbons (Fsp3) is 0.143. The van der Waals surface area contributed by atoms with Crippen molar-refractivity contribution in [3.63, 3.8) is 0 Å². The van der Waals surface area contributed by atoms with E-state index in [1.807, 2.05) is 61.5 Å². The topological polar surface area (TPSA) is 55.4 Å². The molecule has 0 radical (unpaired) electrons. The minimum absolute atomic E-state index is 0.363. The number of amides is 1. The molecule has 0 aromatic heterocycles. The van der Waals surface area contributed by atoms with Gasteiger partial charge in [0.05, 0.1) is 5.56 Å². The summed E-state index contributed by atoms with van der Waals surface area (Å²) < 4.78 is 5.35. The minimum Gasteiger partial charge on any atom is -0.449 e. The van der Waals surface area contributed by atoms with Crippen molar-refractivity contribution in [3.05, 3.63) is 77.9 Å². The molecule has 0 fully saturated rings. The maximum atomic E-state index is 12.5. The molecule has 3 rings (SSSR count). The molecule has 126 valence electrons. The normalized spacial score (nSPS) is 11.8. The Balaban J connectivity index is 1.71. The zero-order valence-electron chi connectivity index (χ0n) is 14.2. The lowest BCUT2D eigenvalue weighted by Gasteiger charge is -2.14. The molecule has 0 saturated carbocycles. The summed E-state index contributed by atoms with van der Waals surface area (Å²) in [4.78, 5) is 24.7. The van der Waals surface area contributed by atoms with Gasteiger partial charge in [-0.25, -0.2) is 4.79 Å². The first kappa shape index (κ1) is 16.7. The highest BCUT2D eigenvalue weighted by atomic mass is 16.5. The molecule has 0 aliphatic carbocycles. The van der Waals surface area contributed by atoms with E-state index in [4.69, 9.17) is 4.74 Å². The second-order valence-electron chi connectivity index (χ2n) is 5.93. The van der Waals surface area contributed by atoms with Gasteiger partial charge in [0.1, 0.15) is 0 Å². The van der Waals surface area contributed by atoms with E-state index < -0.39 is 12.1 Å². The van der Waals surface area contributed by atoms with E-state index in [1.165, 1.54) is 0 Å². The Bertz CT molecular complexity index is 911. The van der Waals surface area contributed by atoms with Crippen molar-refractivity contribution in [3.8, 4) is 0 Å². The summed E-state index contributed by atoms with van der Waals surface area (Å²) in [5, 5.41) is 4.51. The van der Waals surface area contributed by atoms with Crippen LogP contribution >= 0.6 is 0 Å². The summed E-state index contributed by atoms with van der Waals surface area (Å²) in [5.41, 5.74) is 2.23. The number of anilines is 1. The third-order valence-electron chi connectivity index (χ3n) is 3.98. The Morgan fingerprint density at radius 1 is 0.920 bits per heavy atom. The van der Waals surface area contributed by atoms with Gasteiger partial charge in [0.15, 0.2) is 6.10 Å². The summed E-state index contributed by atoms with van der Waals surface area (Å²) in [6.07, 6.45) is -0.896. The fourth-order valence-electron chi connectivity index (χ4n) is 2.56. The number of carbonyl (C=O) groups excluding carboxylic acids is 2. The van der Waals surface area contributed by atoms with Gasteiger partial charge in [0, 0.05) is 5.69 Å². The van der Waals surface area contributed by atoms with Crippen LogP contribution in [0, 0.1) is 6.92 Å². The number of rotatable bonds is 4. The molecule has 4 nitrogen and oxygen atoms in total. The van der Waals surface area contributed by atoms with Crippen LogP contribution in [0.2, 0.25) is 0 Å². The molecule has 4 heteroatoms. The van der Waals surface area contributed by atoms with Crippen molar-refractivity contribution in [2.75, 3.05) is 5.32 Å². The molecule has 0 aliphatic rings. The third kappa shape index (κ3) is 3.86. The number of esters is 1. The van der Waals surface area contributed by atoms with Crippen LogP contribution in [0.3, 0.4) is 0 Å². The Kier molecular flexibility index (Phi) is 4.80. The highest BCUT2D eigenvalue weighted by molar-refractivity contribution is 6.05. The van der Waals surface area contributed by atoms with E-state index in [2.05, 4.69) is 5.32 Å². The molecular weight excluding hydrogens is 314 g/mol. The van der Waals surface area contributed by atoms with Gasteiger partial charge < -0.3 is 10.1 Å². The number of nitrogens with one attached hydrogen (secondary N) is 1. The predicted molar refractivity (Wildman–Crippen MR) is 98.6 cm³/mol. The van der Waals surface area contributed by atoms with Gasteiger partial charge in [0.25, 0.3) is 5.91 Å². The standard InChI is InChI=1S/C21H19NO3/c1-14-10-12-17(13-11-14)22-20(23)15(2)25-21(24)19-9-5-7-16-6-3-4-8-18(16)19/h3-13,15H,1-2H3,(H,22,23)/t15-/m1/s1. The molecular formula is C21H19NO3. The van der Waals surface area contributed by atoms with Crippen molar-refractivity contribution in [2.45, 2.75) is 20.0 Å². The van der Waals surface area contributed by atoms with E-state index >= 15 is 0 Å². The van der Waals surface area contributed by atoms with Crippen LogP contribution in [0.4, 0.5) is 5.69 Å². The number of benzene rings is 3. The van der Waals surface area contributed by atoms with Gasteiger partial charge in [-0.2, -0.15) is 0 Å². The summed E-state index contributed by atoms with van der Waals surface area (Å²) >= 11 is 0. The monoisotopic (exact) mass is 333 g/mol. The molecule has 0 unspecified atom stereocenters. The molecule has 0 heterocycles. The van der Waals surface area contributed by atoms with Crippen LogP contribution in [-0.4, -0.2) is 18.0 Å². The van der Waals surface area contributed by atoms with Crippen LogP contribution in [0.5, 0.6) is 0 Å². The largest absolute Gasteiger partial charge is 0.449 e. The number of hydrogen-bond donors (Lipinski definition) is 1. The molecule has 0 spiro atoms. The van der Waals surface area contributed by atoms with Crippen LogP contribution in [0.25, 0.3) is 10.8 Å². The van der Waals surface area contributed by atoms with Gasteiger partial charge in [-0.15, -0.1) is 0 Å². The molecule has 25 heavy (non-hydrogen) atoms. The lowest BCUT2D eigenvalue weighted by Crippen LogP contribution is -2.30. The van der Waals surface area contributed by atoms with Crippen molar-refractivity contribution in [1.82, 2.24) is 0 Å². The lowest BCUT2D eigenvalue weighted by molar-refractivity contribution is -0.123. The van der Waals surface area contributed by atoms with E-state index in [0.29, 0.717) is 11.3 Å². The Hall–Kier alpha value is -3.14. The number of fused-ring (bicyclic) bond motifs is 1. The highest BCUT2D eigenvalue weighted by Gasteiger charge is 2.20. The summed E-state index contributed by atoms with van der Waals surface area (Å²) in [6.45, 7) is 3.53. The van der Waals surface area contributed by atoms with E-state index in [9.17, 15) is 9.59 Å². The van der Waals surface area contributed by atoms with Crippen molar-refractivity contribution >= 4 is 28.3 Å². The lowest BCUT2D eigenvalue weighted by atomic mass is 10.0. The average Bonchev–Trinajstić information content (AvgIpc) is 2.63. The van der Waals surface area contributed by atoms with Gasteiger partial charge >= 0.3 is 5.97 Å². The zero-order chi connectivity index (χ0) is 17.8. The first-order valence-corrected chi connectivity index (χ1v) is 8.11. The third-order valence-corrected chi connectivity index (χ3v) is 3.98. The first-order chi connectivity index (χ1) is 12.0. The van der Waals surface area contributed by atoms with Crippen molar-refractivity contribution in [2.24, 2.45) is 0 Å². The molecule has 0 saturated heterocycles. The van der Waals surface area contributed by atoms with Gasteiger partial charge in [-0.1, -0.05) is 54.1 Å². The van der Waals surface area contributed by atoms with E-state index in [-0.39, 0.29) is 5.91 Å². The van der Waals surface area contributed by atoms with Crippen molar-refractivity contribution in [1.29, 1.82) is 0 Å². The maximum Gasteiger partial charge on any atom is 0.339 e. The molecule has 1 amide bonds. The molecule has 1 N–H and O–H groups in total. The number of hydrogen-bond acceptors (Lipinski definition) is 3. The number of ether oxygens (including phenoxy) is 1. The number of aryl methyl sites for hydroxylation is 1. The molecule has 3 aromatic rings. The molecule has 1 atom stereocenters. The molecule has 0 aliphatic heterocycles. The smallest absolute Gasteiger partial charge is 0.339 e. The van der Waals surface area contributed by atoms with Crippen LogP contribution < -0.4 is 5.32 Å². The second-order valence-corrected chi connectivity index (χ2v) is 5.93. The SMILES string of the molecule is Cc1ccc(NC(=O)[C@@H](C)OC(=O)c2cccc3ccccc23)cc1. The molecule has 0 bridgehead atoms. The average molecular weight is 333 g/mol. The fourth-order valence-corrected chi connectivity index (χ4v) is 2.56. The predicted octanol–water partition coefficient (Wildman–Crippen LogP) is 4.33. The van der Waals surface area contributed by atoms with E-state index in [1.54, 1.807) is 19.1 Å². The highest BCUT2D eigenvalue weighted by Crippen LogP contribution is 2.20. The van der Waals surface area contributed by atoms with E-state index in [0.717, 1.165) is 16.3 Å². The van der Waals surface area contributed by atoms with Crippen molar-refractivity contribution < 1.29 is 14.3 Å². The van der Waals surface area contributed by atoms with Crippen LogP contribution in [0.15, 0.2) is 66.7 Å². The summed E-state index contributed by atoms with van der Waals surface area (Å²) in [7, 11) is 0. The summed E-state index contributed by atoms with van der Waals surface area (Å²) in [5.74, 6) is -0.874. The Morgan fingerprint density at radius 2 is 1.60 bits per heavy atom.